The van der Waals surface area contributed by atoms with Crippen LogP contribution in [-0.4, -0.2) is 52.1 Å². The van der Waals surface area contributed by atoms with Gasteiger partial charge in [-0.15, -0.1) is 0 Å². The number of carboxylic acids is 1. The number of nitrogens with one attached hydrogen (secondary N) is 1. The van der Waals surface area contributed by atoms with Crippen molar-refractivity contribution in [2.75, 3.05) is 25.4 Å². The molecule has 19 heavy (non-hydrogen) atoms. The van der Waals surface area contributed by atoms with Crippen molar-refractivity contribution in [2.45, 2.75) is 37.4 Å². The maximum absolute atomic E-state index is 12.1. The minimum Gasteiger partial charge on any atom is -0.481 e. The van der Waals surface area contributed by atoms with Gasteiger partial charge in [0.1, 0.15) is 0 Å². The van der Waals surface area contributed by atoms with E-state index in [1.54, 1.807) is 4.90 Å². The summed E-state index contributed by atoms with van der Waals surface area (Å²) < 4.78 is 0.150. The molecular weight excluding hydrogens is 264 g/mol. The van der Waals surface area contributed by atoms with Gasteiger partial charge in [0.15, 0.2) is 0 Å². The van der Waals surface area contributed by atoms with Crippen LogP contribution in [0.4, 0.5) is 4.79 Å². The molecule has 0 aromatic rings. The number of thioether (sulfide) groups is 1. The first-order valence-corrected chi connectivity index (χ1v) is 7.88. The quantitative estimate of drug-likeness (QED) is 0.829. The van der Waals surface area contributed by atoms with Crippen molar-refractivity contribution in [3.8, 4) is 0 Å². The van der Waals surface area contributed by atoms with Crippen LogP contribution in [0.5, 0.6) is 0 Å². The molecule has 0 aromatic carbocycles. The van der Waals surface area contributed by atoms with Gasteiger partial charge >= 0.3 is 12.0 Å². The van der Waals surface area contributed by atoms with Gasteiger partial charge in [-0.3, -0.25) is 4.79 Å². The van der Waals surface area contributed by atoms with Crippen molar-refractivity contribution >= 4 is 23.8 Å². The number of urea groups is 1. The van der Waals surface area contributed by atoms with E-state index in [0.717, 1.165) is 18.6 Å². The molecule has 0 bridgehead atoms. The van der Waals surface area contributed by atoms with Gasteiger partial charge in [0.05, 0.1) is 5.92 Å². The third-order valence-electron chi connectivity index (χ3n) is 3.97. The molecule has 2 atom stereocenters. The van der Waals surface area contributed by atoms with Crippen molar-refractivity contribution in [1.29, 1.82) is 0 Å². The molecule has 0 aliphatic carbocycles. The number of likely N-dealkylation sites (tertiary alicyclic amines) is 1. The SMILES string of the molecule is CC1(CNC(=O)N2CCC[C@@H](C(=O)O)C2)CCCS1. The van der Waals surface area contributed by atoms with E-state index in [9.17, 15) is 9.59 Å². The topological polar surface area (TPSA) is 69.6 Å². The third-order valence-corrected chi connectivity index (χ3v) is 5.51. The van der Waals surface area contributed by atoms with Gasteiger partial charge in [-0.25, -0.2) is 4.79 Å². The van der Waals surface area contributed by atoms with Gasteiger partial charge in [-0.2, -0.15) is 11.8 Å². The first-order valence-electron chi connectivity index (χ1n) is 6.90. The molecule has 0 radical (unpaired) electrons. The first-order chi connectivity index (χ1) is 9.00. The fourth-order valence-corrected chi connectivity index (χ4v) is 3.96. The van der Waals surface area contributed by atoms with Crippen LogP contribution in [0, 0.1) is 5.92 Å². The van der Waals surface area contributed by atoms with Crippen LogP contribution in [0.25, 0.3) is 0 Å². The van der Waals surface area contributed by atoms with Gasteiger partial charge in [-0.05, 0) is 38.4 Å². The van der Waals surface area contributed by atoms with Crippen molar-refractivity contribution in [2.24, 2.45) is 5.92 Å². The van der Waals surface area contributed by atoms with Crippen LogP contribution < -0.4 is 5.32 Å². The number of aliphatic carboxylic acids is 1. The standard InChI is InChI=1S/C13H22N2O3S/c1-13(5-3-7-19-13)9-14-12(18)15-6-2-4-10(8-15)11(16)17/h10H,2-9H2,1H3,(H,14,18)(H,16,17)/t10-,13?/m1/s1. The highest BCUT2D eigenvalue weighted by atomic mass is 32.2. The Morgan fingerprint density at radius 3 is 2.89 bits per heavy atom. The largest absolute Gasteiger partial charge is 0.481 e. The van der Waals surface area contributed by atoms with Crippen LogP contribution in [0.1, 0.15) is 32.6 Å². The Hall–Kier alpha value is -0.910. The highest BCUT2D eigenvalue weighted by Crippen LogP contribution is 2.37. The van der Waals surface area contributed by atoms with Crippen LogP contribution in [0.3, 0.4) is 0 Å². The van der Waals surface area contributed by atoms with Gasteiger partial charge in [0.25, 0.3) is 0 Å². The molecule has 2 heterocycles. The molecule has 108 valence electrons. The number of nitrogens with zero attached hydrogens (tertiary/aromatic N) is 1. The van der Waals surface area contributed by atoms with Gasteiger partial charge in [-0.1, -0.05) is 0 Å². The lowest BCUT2D eigenvalue weighted by Gasteiger charge is -2.32. The summed E-state index contributed by atoms with van der Waals surface area (Å²) in [5.41, 5.74) is 0. The number of carbonyl (C=O) groups excluding carboxylic acids is 1. The molecule has 0 saturated carbocycles. The van der Waals surface area contributed by atoms with Crippen LogP contribution >= 0.6 is 11.8 Å². The van der Waals surface area contributed by atoms with E-state index in [4.69, 9.17) is 5.11 Å². The summed E-state index contributed by atoms with van der Waals surface area (Å²) >= 11 is 1.91. The number of hydrogen-bond donors (Lipinski definition) is 2. The molecule has 0 spiro atoms. The van der Waals surface area contributed by atoms with Gasteiger partial charge in [0, 0.05) is 24.4 Å². The average molecular weight is 286 g/mol. The van der Waals surface area contributed by atoms with Crippen LogP contribution in [0.15, 0.2) is 0 Å². The normalized spacial score (nSPS) is 31.2. The highest BCUT2D eigenvalue weighted by molar-refractivity contribution is 8.00. The van der Waals surface area contributed by atoms with Crippen molar-refractivity contribution in [1.82, 2.24) is 10.2 Å². The number of piperidine rings is 1. The van der Waals surface area contributed by atoms with Crippen LogP contribution in [-0.2, 0) is 4.79 Å². The van der Waals surface area contributed by atoms with E-state index in [1.165, 1.54) is 6.42 Å². The Bertz CT molecular complexity index is 356. The molecule has 2 fully saturated rings. The zero-order valence-corrected chi connectivity index (χ0v) is 12.2. The van der Waals surface area contributed by atoms with Crippen LogP contribution in [0.2, 0.25) is 0 Å². The monoisotopic (exact) mass is 286 g/mol. The average Bonchev–Trinajstić information content (AvgIpc) is 2.83. The predicted molar refractivity (Wildman–Crippen MR) is 75.4 cm³/mol. The van der Waals surface area contributed by atoms with E-state index in [-0.39, 0.29) is 10.8 Å². The molecule has 0 aromatic heterocycles. The second-order valence-corrected chi connectivity index (χ2v) is 7.37. The summed E-state index contributed by atoms with van der Waals surface area (Å²) in [4.78, 5) is 24.7. The summed E-state index contributed by atoms with van der Waals surface area (Å²) in [6.07, 6.45) is 3.79. The second-order valence-electron chi connectivity index (χ2n) is 5.68. The van der Waals surface area contributed by atoms with E-state index in [2.05, 4.69) is 12.2 Å². The molecule has 1 unspecified atom stereocenters. The minimum absolute atomic E-state index is 0.111. The predicted octanol–water partition coefficient (Wildman–Crippen LogP) is 1.78. The van der Waals surface area contributed by atoms with E-state index < -0.39 is 11.9 Å². The summed E-state index contributed by atoms with van der Waals surface area (Å²) in [6.45, 7) is 3.86. The number of carbonyl (C=O) groups is 2. The maximum atomic E-state index is 12.1. The zero-order chi connectivity index (χ0) is 13.9. The Balaban J connectivity index is 1.80. The fourth-order valence-electron chi connectivity index (χ4n) is 2.71. The Kier molecular flexibility index (Phi) is 4.60. The van der Waals surface area contributed by atoms with Crippen molar-refractivity contribution in [3.05, 3.63) is 0 Å². The number of carboxylic acid groups (broad SMARTS) is 1. The molecule has 6 heteroatoms. The van der Waals surface area contributed by atoms with E-state index in [0.29, 0.717) is 26.1 Å². The Labute approximate surface area is 118 Å². The minimum atomic E-state index is -0.796. The molecule has 2 rings (SSSR count). The molecule has 2 aliphatic rings. The molecular formula is C13H22N2O3S. The Morgan fingerprint density at radius 2 is 2.26 bits per heavy atom. The van der Waals surface area contributed by atoms with E-state index >= 15 is 0 Å². The molecule has 5 nitrogen and oxygen atoms in total. The number of amides is 2. The van der Waals surface area contributed by atoms with E-state index in [1.807, 2.05) is 11.8 Å². The summed E-state index contributed by atoms with van der Waals surface area (Å²) in [6, 6.07) is -0.111. The molecule has 2 N–H and O–H groups in total. The van der Waals surface area contributed by atoms with Gasteiger partial charge < -0.3 is 15.3 Å². The lowest BCUT2D eigenvalue weighted by Crippen LogP contribution is -2.49. The first kappa shape index (κ1) is 14.5. The maximum Gasteiger partial charge on any atom is 0.317 e. The summed E-state index contributed by atoms with van der Waals surface area (Å²) in [5.74, 6) is -0.0382. The van der Waals surface area contributed by atoms with Gasteiger partial charge in [0.2, 0.25) is 0 Å². The molecule has 2 amide bonds. The smallest absolute Gasteiger partial charge is 0.317 e. The lowest BCUT2D eigenvalue weighted by atomic mass is 9.99. The number of hydrogen-bond acceptors (Lipinski definition) is 3. The summed E-state index contributed by atoms with van der Waals surface area (Å²) in [5, 5.41) is 12.0. The molecule has 2 saturated heterocycles. The Morgan fingerprint density at radius 1 is 1.47 bits per heavy atom. The zero-order valence-electron chi connectivity index (χ0n) is 11.4. The highest BCUT2D eigenvalue weighted by Gasteiger charge is 2.32. The second kappa shape index (κ2) is 6.03. The lowest BCUT2D eigenvalue weighted by molar-refractivity contribution is -0.143. The third kappa shape index (κ3) is 3.78. The fraction of sp³-hybridized carbons (Fsp3) is 0.846. The summed E-state index contributed by atoms with van der Waals surface area (Å²) in [7, 11) is 0. The van der Waals surface area contributed by atoms with Crippen molar-refractivity contribution in [3.63, 3.8) is 0 Å². The van der Waals surface area contributed by atoms with Crippen molar-refractivity contribution < 1.29 is 14.7 Å². The number of rotatable bonds is 3. The molecule has 2 aliphatic heterocycles.